The predicted molar refractivity (Wildman–Crippen MR) is 89.4 cm³/mol. The van der Waals surface area contributed by atoms with Crippen LogP contribution in [0.3, 0.4) is 0 Å². The third-order valence-corrected chi connectivity index (χ3v) is 4.11. The summed E-state index contributed by atoms with van der Waals surface area (Å²) in [6.45, 7) is 0.398. The van der Waals surface area contributed by atoms with Crippen molar-refractivity contribution in [3.63, 3.8) is 0 Å². The molecule has 22 heavy (non-hydrogen) atoms. The lowest BCUT2D eigenvalue weighted by atomic mass is 10.2. The van der Waals surface area contributed by atoms with E-state index in [4.69, 9.17) is 16.3 Å². The fourth-order valence-electron chi connectivity index (χ4n) is 1.94. The second-order valence-electron chi connectivity index (χ2n) is 4.66. The number of hydrogen-bond donors (Lipinski definition) is 1. The van der Waals surface area contributed by atoms with Crippen LogP contribution in [-0.4, -0.2) is 17.5 Å². The van der Waals surface area contributed by atoms with E-state index in [0.717, 1.165) is 15.8 Å². The van der Waals surface area contributed by atoms with E-state index in [1.807, 2.05) is 42.5 Å². The highest BCUT2D eigenvalue weighted by molar-refractivity contribution is 7.22. The Kier molecular flexibility index (Phi) is 4.68. The Hall–Kier alpha value is -1.95. The van der Waals surface area contributed by atoms with Crippen molar-refractivity contribution in [3.8, 4) is 0 Å². The van der Waals surface area contributed by atoms with Crippen LogP contribution in [-0.2, 0) is 16.1 Å². The first-order valence-electron chi connectivity index (χ1n) is 6.68. The Balaban J connectivity index is 1.54. The Morgan fingerprint density at radius 2 is 2.05 bits per heavy atom. The maximum atomic E-state index is 11.9. The van der Waals surface area contributed by atoms with Crippen LogP contribution < -0.4 is 5.32 Å². The van der Waals surface area contributed by atoms with Gasteiger partial charge in [-0.1, -0.05) is 53.3 Å². The van der Waals surface area contributed by atoms with E-state index >= 15 is 0 Å². The number of amides is 1. The molecular weight excluding hydrogens is 320 g/mol. The first kappa shape index (κ1) is 15.0. The van der Waals surface area contributed by atoms with Crippen LogP contribution >= 0.6 is 22.9 Å². The molecule has 0 aliphatic heterocycles. The van der Waals surface area contributed by atoms with Gasteiger partial charge in [0, 0.05) is 5.02 Å². The number of aromatic nitrogens is 1. The smallest absolute Gasteiger partial charge is 0.252 e. The van der Waals surface area contributed by atoms with Crippen LogP contribution in [0.5, 0.6) is 0 Å². The topological polar surface area (TPSA) is 51.2 Å². The number of fused-ring (bicyclic) bond motifs is 1. The number of carbonyl (C=O) groups excluding carboxylic acids is 1. The molecule has 112 valence electrons. The molecular formula is C16H13ClN2O2S. The molecule has 0 aliphatic carbocycles. The second kappa shape index (κ2) is 6.87. The normalized spacial score (nSPS) is 10.8. The molecule has 1 aromatic heterocycles. The van der Waals surface area contributed by atoms with Crippen LogP contribution in [0.2, 0.25) is 5.02 Å². The maximum Gasteiger partial charge on any atom is 0.252 e. The predicted octanol–water partition coefficient (Wildman–Crippen LogP) is 4.11. The van der Waals surface area contributed by atoms with Gasteiger partial charge in [-0.25, -0.2) is 4.98 Å². The van der Waals surface area contributed by atoms with Gasteiger partial charge in [-0.2, -0.15) is 0 Å². The molecule has 0 saturated heterocycles. The first-order chi connectivity index (χ1) is 10.7. The molecule has 0 bridgehead atoms. The van der Waals surface area contributed by atoms with Gasteiger partial charge < -0.3 is 4.74 Å². The minimum atomic E-state index is -0.221. The number of thiazole rings is 1. The van der Waals surface area contributed by atoms with Gasteiger partial charge >= 0.3 is 0 Å². The number of anilines is 1. The van der Waals surface area contributed by atoms with E-state index in [1.54, 1.807) is 6.07 Å². The summed E-state index contributed by atoms with van der Waals surface area (Å²) < 4.78 is 6.33. The molecule has 0 aliphatic rings. The third-order valence-electron chi connectivity index (χ3n) is 2.94. The summed E-state index contributed by atoms with van der Waals surface area (Å²) in [5.74, 6) is -0.221. The molecule has 3 rings (SSSR count). The highest BCUT2D eigenvalue weighted by Crippen LogP contribution is 2.28. The molecule has 0 fully saturated rings. The van der Waals surface area contributed by atoms with E-state index in [0.29, 0.717) is 16.8 Å². The monoisotopic (exact) mass is 332 g/mol. The number of halogens is 1. The van der Waals surface area contributed by atoms with Gasteiger partial charge in [-0.05, 0) is 23.8 Å². The zero-order chi connectivity index (χ0) is 15.4. The van der Waals surface area contributed by atoms with Gasteiger partial charge in [0.1, 0.15) is 6.61 Å². The summed E-state index contributed by atoms with van der Waals surface area (Å²) in [4.78, 5) is 16.2. The summed E-state index contributed by atoms with van der Waals surface area (Å²) >= 11 is 7.32. The van der Waals surface area contributed by atoms with Crippen molar-refractivity contribution in [2.45, 2.75) is 6.61 Å². The summed E-state index contributed by atoms with van der Waals surface area (Å²) in [7, 11) is 0. The van der Waals surface area contributed by atoms with Crippen molar-refractivity contribution in [2.75, 3.05) is 11.9 Å². The lowest BCUT2D eigenvalue weighted by Gasteiger charge is -2.04. The highest BCUT2D eigenvalue weighted by Gasteiger charge is 2.08. The number of benzene rings is 2. The molecule has 1 N–H and O–H groups in total. The molecule has 3 aromatic rings. The quantitative estimate of drug-likeness (QED) is 0.765. The maximum absolute atomic E-state index is 11.9. The van der Waals surface area contributed by atoms with Crippen molar-refractivity contribution >= 4 is 44.2 Å². The third kappa shape index (κ3) is 3.82. The highest BCUT2D eigenvalue weighted by atomic mass is 35.5. The van der Waals surface area contributed by atoms with Crippen LogP contribution in [0.15, 0.2) is 48.5 Å². The van der Waals surface area contributed by atoms with Gasteiger partial charge in [-0.15, -0.1) is 0 Å². The Morgan fingerprint density at radius 3 is 2.86 bits per heavy atom. The fourth-order valence-corrected chi connectivity index (χ4v) is 3.10. The number of nitrogens with one attached hydrogen (secondary N) is 1. The summed E-state index contributed by atoms with van der Waals surface area (Å²) in [6, 6.07) is 15.2. The molecule has 0 atom stereocenters. The van der Waals surface area contributed by atoms with Crippen molar-refractivity contribution in [2.24, 2.45) is 0 Å². The Morgan fingerprint density at radius 1 is 1.23 bits per heavy atom. The summed E-state index contributed by atoms with van der Waals surface area (Å²) in [5.41, 5.74) is 1.85. The van der Waals surface area contributed by atoms with Gasteiger partial charge in [0.05, 0.1) is 16.8 Å². The van der Waals surface area contributed by atoms with E-state index in [2.05, 4.69) is 10.3 Å². The van der Waals surface area contributed by atoms with Crippen LogP contribution in [0.4, 0.5) is 5.13 Å². The van der Waals surface area contributed by atoms with E-state index < -0.39 is 0 Å². The minimum absolute atomic E-state index is 0.00836. The lowest BCUT2D eigenvalue weighted by Crippen LogP contribution is -2.18. The largest absolute Gasteiger partial charge is 0.367 e. The average molecular weight is 333 g/mol. The second-order valence-corrected chi connectivity index (χ2v) is 6.12. The molecule has 4 nitrogen and oxygen atoms in total. The molecule has 0 saturated carbocycles. The molecule has 2 aromatic carbocycles. The zero-order valence-electron chi connectivity index (χ0n) is 11.6. The van der Waals surface area contributed by atoms with Gasteiger partial charge in [0.2, 0.25) is 0 Å². The number of carbonyl (C=O) groups is 1. The van der Waals surface area contributed by atoms with Crippen molar-refractivity contribution in [1.82, 2.24) is 4.98 Å². The minimum Gasteiger partial charge on any atom is -0.367 e. The zero-order valence-corrected chi connectivity index (χ0v) is 13.2. The number of rotatable bonds is 5. The number of nitrogens with zero attached hydrogens (tertiary/aromatic N) is 1. The van der Waals surface area contributed by atoms with Crippen LogP contribution in [0.25, 0.3) is 10.2 Å². The first-order valence-corrected chi connectivity index (χ1v) is 7.88. The standard InChI is InChI=1S/C16H13ClN2O2S/c17-12-6-7-13-14(8-12)22-16(18-13)19-15(20)10-21-9-11-4-2-1-3-5-11/h1-8H,9-10H2,(H,18,19,20). The van der Waals surface area contributed by atoms with Gasteiger partial charge in [0.15, 0.2) is 5.13 Å². The van der Waals surface area contributed by atoms with E-state index in [9.17, 15) is 4.79 Å². The van der Waals surface area contributed by atoms with Crippen LogP contribution in [0.1, 0.15) is 5.56 Å². The Labute approximate surface area is 136 Å². The Bertz CT molecular complexity index is 789. The molecule has 1 amide bonds. The van der Waals surface area contributed by atoms with Crippen LogP contribution in [0, 0.1) is 0 Å². The van der Waals surface area contributed by atoms with Crippen molar-refractivity contribution in [3.05, 3.63) is 59.1 Å². The van der Waals surface area contributed by atoms with Crippen molar-refractivity contribution in [1.29, 1.82) is 0 Å². The van der Waals surface area contributed by atoms with E-state index in [-0.39, 0.29) is 12.5 Å². The SMILES string of the molecule is O=C(COCc1ccccc1)Nc1nc2ccc(Cl)cc2s1. The molecule has 0 unspecified atom stereocenters. The number of hydrogen-bond acceptors (Lipinski definition) is 4. The van der Waals surface area contributed by atoms with Gasteiger partial charge in [0.25, 0.3) is 5.91 Å². The molecule has 1 heterocycles. The van der Waals surface area contributed by atoms with E-state index in [1.165, 1.54) is 11.3 Å². The fraction of sp³-hybridized carbons (Fsp3) is 0.125. The molecule has 6 heteroatoms. The van der Waals surface area contributed by atoms with Gasteiger partial charge in [-0.3, -0.25) is 10.1 Å². The number of ether oxygens (including phenoxy) is 1. The lowest BCUT2D eigenvalue weighted by molar-refractivity contribution is -0.121. The summed E-state index contributed by atoms with van der Waals surface area (Å²) in [6.07, 6.45) is 0. The molecule has 0 spiro atoms. The molecule has 0 radical (unpaired) electrons. The average Bonchev–Trinajstić information content (AvgIpc) is 2.89. The summed E-state index contributed by atoms with van der Waals surface area (Å²) in [5, 5.41) is 3.94. The van der Waals surface area contributed by atoms with Crippen molar-refractivity contribution < 1.29 is 9.53 Å².